The zero-order valence-electron chi connectivity index (χ0n) is 11.3. The minimum absolute atomic E-state index is 0.135. The van der Waals surface area contributed by atoms with E-state index < -0.39 is 0 Å². The van der Waals surface area contributed by atoms with Crippen molar-refractivity contribution < 1.29 is 0 Å². The fourth-order valence-corrected chi connectivity index (χ4v) is 2.72. The summed E-state index contributed by atoms with van der Waals surface area (Å²) in [7, 11) is 0. The maximum Gasteiger partial charge on any atom is 0.329 e. The third kappa shape index (κ3) is 2.05. The summed E-state index contributed by atoms with van der Waals surface area (Å²) in [6, 6.07) is 10.2. The second-order valence-corrected chi connectivity index (χ2v) is 4.98. The average molecular weight is 271 g/mol. The molecule has 0 saturated carbocycles. The predicted molar refractivity (Wildman–Crippen MR) is 78.1 cm³/mol. The Labute approximate surface area is 116 Å². The number of anilines is 1. The van der Waals surface area contributed by atoms with E-state index in [1.54, 1.807) is 6.92 Å². The smallest absolute Gasteiger partial charge is 0.329 e. The zero-order chi connectivity index (χ0) is 14.1. The van der Waals surface area contributed by atoms with Crippen LogP contribution in [-0.4, -0.2) is 9.55 Å². The van der Waals surface area contributed by atoms with Gasteiger partial charge in [0, 0.05) is 6.54 Å². The maximum atomic E-state index is 12.2. The first-order valence-corrected chi connectivity index (χ1v) is 6.88. The molecule has 1 aromatic carbocycles. The normalized spacial score (nSPS) is 17.4. The number of benzene rings is 1. The topological polar surface area (TPSA) is 66.9 Å². The SMILES string of the molecule is CCn1c(=O)[nH]c2c(c1=O)CC[C@@H](c1ccccc1)N2. The molecule has 104 valence electrons. The molecule has 0 unspecified atom stereocenters. The lowest BCUT2D eigenvalue weighted by Gasteiger charge is -2.26. The van der Waals surface area contributed by atoms with Gasteiger partial charge in [0.05, 0.1) is 11.6 Å². The highest BCUT2D eigenvalue weighted by Gasteiger charge is 2.23. The Hall–Kier alpha value is -2.30. The molecule has 2 heterocycles. The van der Waals surface area contributed by atoms with Gasteiger partial charge in [0.2, 0.25) is 0 Å². The lowest BCUT2D eigenvalue weighted by atomic mass is 9.96. The summed E-state index contributed by atoms with van der Waals surface area (Å²) >= 11 is 0. The Morgan fingerprint density at radius 3 is 2.70 bits per heavy atom. The van der Waals surface area contributed by atoms with Crippen molar-refractivity contribution in [3.63, 3.8) is 0 Å². The van der Waals surface area contributed by atoms with Crippen molar-refractivity contribution in [2.45, 2.75) is 32.4 Å². The molecule has 1 aliphatic rings. The fourth-order valence-electron chi connectivity index (χ4n) is 2.72. The highest BCUT2D eigenvalue weighted by molar-refractivity contribution is 5.47. The van der Waals surface area contributed by atoms with Crippen LogP contribution >= 0.6 is 0 Å². The summed E-state index contributed by atoms with van der Waals surface area (Å²) in [5.41, 5.74) is 1.32. The van der Waals surface area contributed by atoms with Gasteiger partial charge < -0.3 is 5.32 Å². The van der Waals surface area contributed by atoms with E-state index in [0.717, 1.165) is 6.42 Å². The van der Waals surface area contributed by atoms with Gasteiger partial charge in [-0.1, -0.05) is 30.3 Å². The monoisotopic (exact) mass is 271 g/mol. The van der Waals surface area contributed by atoms with Crippen LogP contribution in [0.4, 0.5) is 5.82 Å². The molecule has 2 N–H and O–H groups in total. The van der Waals surface area contributed by atoms with Gasteiger partial charge in [-0.25, -0.2) is 4.79 Å². The molecule has 20 heavy (non-hydrogen) atoms. The number of H-pyrrole nitrogens is 1. The van der Waals surface area contributed by atoms with Gasteiger partial charge >= 0.3 is 5.69 Å². The van der Waals surface area contributed by atoms with Gasteiger partial charge in [-0.05, 0) is 25.3 Å². The lowest BCUT2D eigenvalue weighted by molar-refractivity contribution is 0.610. The minimum Gasteiger partial charge on any atom is -0.364 e. The van der Waals surface area contributed by atoms with E-state index in [9.17, 15) is 9.59 Å². The Kier molecular flexibility index (Phi) is 3.18. The van der Waals surface area contributed by atoms with Crippen molar-refractivity contribution in [1.29, 1.82) is 0 Å². The second kappa shape index (κ2) is 5.00. The van der Waals surface area contributed by atoms with Crippen molar-refractivity contribution in [2.24, 2.45) is 0 Å². The highest BCUT2D eigenvalue weighted by atomic mass is 16.2. The quantitative estimate of drug-likeness (QED) is 0.873. The predicted octanol–water partition coefficient (Wildman–Crippen LogP) is 1.66. The first-order chi connectivity index (χ1) is 9.70. The van der Waals surface area contributed by atoms with Gasteiger partial charge in [-0.15, -0.1) is 0 Å². The summed E-state index contributed by atoms with van der Waals surface area (Å²) in [5, 5.41) is 3.28. The second-order valence-electron chi connectivity index (χ2n) is 4.98. The van der Waals surface area contributed by atoms with Crippen LogP contribution in [0.25, 0.3) is 0 Å². The number of rotatable bonds is 2. The van der Waals surface area contributed by atoms with Crippen LogP contribution < -0.4 is 16.6 Å². The zero-order valence-corrected chi connectivity index (χ0v) is 11.3. The molecule has 0 aliphatic carbocycles. The molecular weight excluding hydrogens is 254 g/mol. The summed E-state index contributed by atoms with van der Waals surface area (Å²) in [5.74, 6) is 0.574. The van der Waals surface area contributed by atoms with Gasteiger partial charge in [-0.2, -0.15) is 0 Å². The molecule has 0 spiro atoms. The van der Waals surface area contributed by atoms with Crippen LogP contribution in [0.5, 0.6) is 0 Å². The maximum absolute atomic E-state index is 12.2. The van der Waals surface area contributed by atoms with Crippen LogP contribution in [0.2, 0.25) is 0 Å². The average Bonchev–Trinajstić information content (AvgIpc) is 2.48. The molecule has 0 saturated heterocycles. The third-order valence-electron chi connectivity index (χ3n) is 3.80. The molecule has 0 amide bonds. The highest BCUT2D eigenvalue weighted by Crippen LogP contribution is 2.28. The fraction of sp³-hybridized carbons (Fsp3) is 0.333. The summed E-state index contributed by atoms with van der Waals surface area (Å²) in [6.07, 6.45) is 1.53. The van der Waals surface area contributed by atoms with E-state index in [1.165, 1.54) is 10.1 Å². The van der Waals surface area contributed by atoms with E-state index in [1.807, 2.05) is 30.3 Å². The lowest BCUT2D eigenvalue weighted by Crippen LogP contribution is -2.39. The molecule has 0 fully saturated rings. The van der Waals surface area contributed by atoms with Gasteiger partial charge in [0.15, 0.2) is 0 Å². The first kappa shape index (κ1) is 12.7. The number of aromatic amines is 1. The van der Waals surface area contributed by atoms with Crippen LogP contribution in [0.3, 0.4) is 0 Å². The Morgan fingerprint density at radius 2 is 2.00 bits per heavy atom. The molecule has 5 heteroatoms. The molecule has 2 aromatic rings. The standard InChI is InChI=1S/C15H17N3O2/c1-2-18-14(19)11-8-9-12(10-6-4-3-5-7-10)16-13(11)17-15(18)20/h3-7,12,16H,2,8-9H2,1H3,(H,17,20)/t12-/m0/s1. The van der Waals surface area contributed by atoms with E-state index in [0.29, 0.717) is 24.3 Å². The third-order valence-corrected chi connectivity index (χ3v) is 3.80. The van der Waals surface area contributed by atoms with Gasteiger partial charge in [0.1, 0.15) is 5.82 Å². The first-order valence-electron chi connectivity index (χ1n) is 6.88. The molecule has 0 bridgehead atoms. The summed E-state index contributed by atoms with van der Waals surface area (Å²) in [6.45, 7) is 2.19. The molecular formula is C15H17N3O2. The molecule has 3 rings (SSSR count). The Balaban J connectivity index is 2.01. The van der Waals surface area contributed by atoms with Crippen molar-refractivity contribution in [3.05, 3.63) is 62.3 Å². The number of nitrogens with one attached hydrogen (secondary N) is 2. The Bertz CT molecular complexity index is 731. The van der Waals surface area contributed by atoms with Crippen LogP contribution in [0.15, 0.2) is 39.9 Å². The Morgan fingerprint density at radius 1 is 1.25 bits per heavy atom. The van der Waals surface area contributed by atoms with E-state index in [-0.39, 0.29) is 17.3 Å². The van der Waals surface area contributed by atoms with Crippen LogP contribution in [0, 0.1) is 0 Å². The molecule has 5 nitrogen and oxygen atoms in total. The summed E-state index contributed by atoms with van der Waals surface area (Å²) < 4.78 is 1.24. The van der Waals surface area contributed by atoms with Crippen molar-refractivity contribution in [2.75, 3.05) is 5.32 Å². The number of fused-ring (bicyclic) bond motifs is 1. The molecule has 1 aromatic heterocycles. The van der Waals surface area contributed by atoms with Gasteiger partial charge in [-0.3, -0.25) is 14.3 Å². The van der Waals surface area contributed by atoms with E-state index in [2.05, 4.69) is 10.3 Å². The number of nitrogens with zero attached hydrogens (tertiary/aromatic N) is 1. The van der Waals surface area contributed by atoms with Crippen LogP contribution in [-0.2, 0) is 13.0 Å². The van der Waals surface area contributed by atoms with E-state index in [4.69, 9.17) is 0 Å². The molecule has 1 aliphatic heterocycles. The van der Waals surface area contributed by atoms with Gasteiger partial charge in [0.25, 0.3) is 5.56 Å². The molecule has 1 atom stereocenters. The number of hydrogen-bond acceptors (Lipinski definition) is 3. The molecule has 0 radical (unpaired) electrons. The van der Waals surface area contributed by atoms with Crippen molar-refractivity contribution in [3.8, 4) is 0 Å². The van der Waals surface area contributed by atoms with E-state index >= 15 is 0 Å². The van der Waals surface area contributed by atoms with Crippen molar-refractivity contribution in [1.82, 2.24) is 9.55 Å². The van der Waals surface area contributed by atoms with Crippen molar-refractivity contribution >= 4 is 5.82 Å². The largest absolute Gasteiger partial charge is 0.364 e. The number of hydrogen-bond donors (Lipinski definition) is 2. The number of aromatic nitrogens is 2. The minimum atomic E-state index is -0.350. The summed E-state index contributed by atoms with van der Waals surface area (Å²) in [4.78, 5) is 26.8. The van der Waals surface area contributed by atoms with Crippen LogP contribution in [0.1, 0.15) is 30.5 Å².